The van der Waals surface area contributed by atoms with Crippen molar-refractivity contribution in [1.29, 1.82) is 0 Å². The number of thiazole rings is 1. The zero-order valence-corrected chi connectivity index (χ0v) is 16.9. The summed E-state index contributed by atoms with van der Waals surface area (Å²) in [5.41, 5.74) is 1.21. The van der Waals surface area contributed by atoms with E-state index in [9.17, 15) is 0 Å². The number of aryl methyl sites for hydroxylation is 1. The Hall–Kier alpha value is -1.18. The summed E-state index contributed by atoms with van der Waals surface area (Å²) in [7, 11) is 1.73. The maximum atomic E-state index is 5.18. The molecule has 0 aromatic carbocycles. The fourth-order valence-corrected chi connectivity index (χ4v) is 3.71. The molecule has 1 unspecified atom stereocenters. The lowest BCUT2D eigenvalue weighted by atomic mass is 9.97. The van der Waals surface area contributed by atoms with Crippen LogP contribution in [0.5, 0.6) is 0 Å². The minimum absolute atomic E-state index is 0.256. The summed E-state index contributed by atoms with van der Waals surface area (Å²) in [4.78, 5) is 11.9. The van der Waals surface area contributed by atoms with Crippen LogP contribution < -0.4 is 10.6 Å². The van der Waals surface area contributed by atoms with Crippen molar-refractivity contribution in [3.63, 3.8) is 0 Å². The monoisotopic (exact) mass is 367 g/mol. The molecular weight excluding hydrogens is 334 g/mol. The maximum absolute atomic E-state index is 5.18. The average molecular weight is 368 g/mol. The normalized spacial score (nSPS) is 18.3. The Balaban J connectivity index is 1.75. The number of rotatable bonds is 8. The van der Waals surface area contributed by atoms with Gasteiger partial charge in [-0.15, -0.1) is 11.3 Å². The molecule has 1 fully saturated rings. The Morgan fingerprint density at radius 2 is 2.24 bits per heavy atom. The molecule has 1 aliphatic rings. The second-order valence-corrected chi connectivity index (χ2v) is 7.86. The van der Waals surface area contributed by atoms with Crippen molar-refractivity contribution in [3.05, 3.63) is 16.1 Å². The van der Waals surface area contributed by atoms with E-state index < -0.39 is 0 Å². The number of piperidine rings is 1. The summed E-state index contributed by atoms with van der Waals surface area (Å²) >= 11 is 1.74. The highest BCUT2D eigenvalue weighted by molar-refractivity contribution is 7.09. The van der Waals surface area contributed by atoms with Crippen LogP contribution in [0.4, 0.5) is 0 Å². The minimum atomic E-state index is 0.256. The standard InChI is InChI=1S/C18H33N5OS/c1-5-19-18(21-14(2)12-24-4)20-10-16-6-8-23(9-7-16)11-17-13-25-15(3)22-17/h13-14,16H,5-12H2,1-4H3,(H2,19,20,21). The fourth-order valence-electron chi connectivity index (χ4n) is 3.10. The van der Waals surface area contributed by atoms with Gasteiger partial charge in [0.1, 0.15) is 0 Å². The number of aliphatic imine (C=N–C) groups is 1. The quantitative estimate of drug-likeness (QED) is 0.545. The summed E-state index contributed by atoms with van der Waals surface area (Å²) in [6, 6.07) is 0.256. The van der Waals surface area contributed by atoms with Crippen molar-refractivity contribution in [1.82, 2.24) is 20.5 Å². The van der Waals surface area contributed by atoms with Crippen molar-refractivity contribution in [2.24, 2.45) is 10.9 Å². The highest BCUT2D eigenvalue weighted by Crippen LogP contribution is 2.20. The largest absolute Gasteiger partial charge is 0.383 e. The Morgan fingerprint density at radius 1 is 1.48 bits per heavy atom. The molecule has 1 aliphatic heterocycles. The van der Waals surface area contributed by atoms with Crippen LogP contribution in [0.25, 0.3) is 0 Å². The topological polar surface area (TPSA) is 61.8 Å². The Morgan fingerprint density at radius 3 is 2.84 bits per heavy atom. The predicted octanol–water partition coefficient (Wildman–Crippen LogP) is 2.25. The lowest BCUT2D eigenvalue weighted by Gasteiger charge is -2.30. The van der Waals surface area contributed by atoms with Gasteiger partial charge in [0.2, 0.25) is 0 Å². The molecule has 142 valence electrons. The molecule has 7 heteroatoms. The van der Waals surface area contributed by atoms with E-state index >= 15 is 0 Å². The van der Waals surface area contributed by atoms with Crippen molar-refractivity contribution in [3.8, 4) is 0 Å². The lowest BCUT2D eigenvalue weighted by Crippen LogP contribution is -2.44. The van der Waals surface area contributed by atoms with Gasteiger partial charge < -0.3 is 15.4 Å². The number of ether oxygens (including phenoxy) is 1. The van der Waals surface area contributed by atoms with Gasteiger partial charge in [-0.05, 0) is 52.6 Å². The van der Waals surface area contributed by atoms with E-state index in [2.05, 4.69) is 46.7 Å². The summed E-state index contributed by atoms with van der Waals surface area (Å²) < 4.78 is 5.18. The van der Waals surface area contributed by atoms with Crippen LogP contribution in [0.15, 0.2) is 10.4 Å². The highest BCUT2D eigenvalue weighted by atomic mass is 32.1. The van der Waals surface area contributed by atoms with E-state index in [1.807, 2.05) is 0 Å². The number of guanidine groups is 1. The van der Waals surface area contributed by atoms with Gasteiger partial charge in [-0.3, -0.25) is 9.89 Å². The van der Waals surface area contributed by atoms with Crippen molar-refractivity contribution < 1.29 is 4.74 Å². The van der Waals surface area contributed by atoms with E-state index in [1.54, 1.807) is 18.4 Å². The summed E-state index contributed by atoms with van der Waals surface area (Å²) in [5.74, 6) is 1.56. The number of hydrogen-bond acceptors (Lipinski definition) is 5. The van der Waals surface area contributed by atoms with Crippen LogP contribution in [-0.2, 0) is 11.3 Å². The minimum Gasteiger partial charge on any atom is -0.383 e. The van der Waals surface area contributed by atoms with Crippen molar-refractivity contribution in [2.75, 3.05) is 39.9 Å². The van der Waals surface area contributed by atoms with Gasteiger partial charge in [0.15, 0.2) is 5.96 Å². The fraction of sp³-hybridized carbons (Fsp3) is 0.778. The number of methoxy groups -OCH3 is 1. The maximum Gasteiger partial charge on any atom is 0.191 e. The number of likely N-dealkylation sites (tertiary alicyclic amines) is 1. The third-order valence-corrected chi connectivity index (χ3v) is 5.23. The van der Waals surface area contributed by atoms with Gasteiger partial charge >= 0.3 is 0 Å². The molecule has 25 heavy (non-hydrogen) atoms. The number of aromatic nitrogens is 1. The predicted molar refractivity (Wildman–Crippen MR) is 105 cm³/mol. The highest BCUT2D eigenvalue weighted by Gasteiger charge is 2.20. The molecule has 2 heterocycles. The third kappa shape index (κ3) is 7.30. The van der Waals surface area contributed by atoms with Gasteiger partial charge in [-0.1, -0.05) is 0 Å². The van der Waals surface area contributed by atoms with E-state index in [-0.39, 0.29) is 6.04 Å². The zero-order valence-electron chi connectivity index (χ0n) is 16.0. The zero-order chi connectivity index (χ0) is 18.1. The summed E-state index contributed by atoms with van der Waals surface area (Å²) in [6.45, 7) is 12.0. The van der Waals surface area contributed by atoms with E-state index in [0.717, 1.165) is 43.7 Å². The van der Waals surface area contributed by atoms with E-state index in [0.29, 0.717) is 12.5 Å². The Labute approximate surface area is 156 Å². The van der Waals surface area contributed by atoms with Gasteiger partial charge in [0.05, 0.1) is 17.3 Å². The summed E-state index contributed by atoms with van der Waals surface area (Å²) in [5, 5.41) is 10.1. The van der Waals surface area contributed by atoms with Crippen LogP contribution in [0.2, 0.25) is 0 Å². The van der Waals surface area contributed by atoms with Crippen LogP contribution in [0, 0.1) is 12.8 Å². The molecule has 1 aromatic rings. The molecule has 0 saturated carbocycles. The first-order chi connectivity index (χ1) is 12.1. The van der Waals surface area contributed by atoms with Gasteiger partial charge in [0, 0.05) is 38.2 Å². The second kappa shape index (κ2) is 10.7. The van der Waals surface area contributed by atoms with Gasteiger partial charge in [0.25, 0.3) is 0 Å². The SMILES string of the molecule is CCNC(=NCC1CCN(Cc2csc(C)n2)CC1)NC(C)COC. The Kier molecular flexibility index (Phi) is 8.64. The number of nitrogens with zero attached hydrogens (tertiary/aromatic N) is 3. The van der Waals surface area contributed by atoms with Crippen LogP contribution >= 0.6 is 11.3 Å². The summed E-state index contributed by atoms with van der Waals surface area (Å²) in [6.07, 6.45) is 2.42. The van der Waals surface area contributed by atoms with Crippen LogP contribution in [0.3, 0.4) is 0 Å². The first-order valence-corrected chi connectivity index (χ1v) is 10.2. The molecule has 2 N–H and O–H groups in total. The van der Waals surface area contributed by atoms with E-state index in [1.165, 1.54) is 18.5 Å². The molecule has 2 rings (SSSR count). The smallest absolute Gasteiger partial charge is 0.191 e. The molecule has 0 aliphatic carbocycles. The molecule has 0 radical (unpaired) electrons. The lowest BCUT2D eigenvalue weighted by molar-refractivity contribution is 0.177. The molecule has 1 atom stereocenters. The van der Waals surface area contributed by atoms with Gasteiger partial charge in [-0.25, -0.2) is 4.98 Å². The molecule has 0 spiro atoms. The molecule has 0 amide bonds. The first kappa shape index (κ1) is 20.1. The third-order valence-electron chi connectivity index (χ3n) is 4.41. The van der Waals surface area contributed by atoms with E-state index in [4.69, 9.17) is 9.73 Å². The molecule has 6 nitrogen and oxygen atoms in total. The van der Waals surface area contributed by atoms with Gasteiger partial charge in [-0.2, -0.15) is 0 Å². The second-order valence-electron chi connectivity index (χ2n) is 6.80. The van der Waals surface area contributed by atoms with Crippen LogP contribution in [0.1, 0.15) is 37.4 Å². The average Bonchev–Trinajstić information content (AvgIpc) is 2.99. The Bertz CT molecular complexity index is 525. The first-order valence-electron chi connectivity index (χ1n) is 9.27. The van der Waals surface area contributed by atoms with Crippen LogP contribution in [-0.4, -0.2) is 61.8 Å². The molecule has 1 aromatic heterocycles. The number of hydrogen-bond donors (Lipinski definition) is 2. The van der Waals surface area contributed by atoms with Crippen molar-refractivity contribution >= 4 is 17.3 Å². The molecular formula is C18H33N5OS. The molecule has 0 bridgehead atoms. The molecule has 1 saturated heterocycles. The van der Waals surface area contributed by atoms with Crippen molar-refractivity contribution in [2.45, 2.75) is 46.2 Å². The number of nitrogens with one attached hydrogen (secondary N) is 2.